The monoisotopic (exact) mass is 255 g/mol. The highest BCUT2D eigenvalue weighted by Crippen LogP contribution is 2.36. The largest absolute Gasteiger partial charge is 0.373 e. The van der Waals surface area contributed by atoms with E-state index < -0.39 is 0 Å². The standard InChI is InChI=1S/C15H17N3O/c1-2-6-10(5-1)14-17-15(19-18-14)13-9-11-7-3-4-8-12(11)16-13/h3-4,7-8,10,13,16H,1-2,5-6,9H2. The first-order valence-corrected chi connectivity index (χ1v) is 7.08. The average molecular weight is 255 g/mol. The molecule has 98 valence electrons. The van der Waals surface area contributed by atoms with Crippen LogP contribution < -0.4 is 5.32 Å². The molecule has 1 unspecified atom stereocenters. The Labute approximate surface area is 112 Å². The molecule has 0 radical (unpaired) electrons. The molecule has 2 heterocycles. The van der Waals surface area contributed by atoms with Gasteiger partial charge in [0.2, 0.25) is 5.89 Å². The van der Waals surface area contributed by atoms with E-state index in [1.807, 2.05) is 6.07 Å². The van der Waals surface area contributed by atoms with Crippen molar-refractivity contribution in [3.8, 4) is 0 Å². The van der Waals surface area contributed by atoms with Crippen molar-refractivity contribution in [1.82, 2.24) is 10.1 Å². The molecule has 4 heteroatoms. The Balaban J connectivity index is 1.55. The summed E-state index contributed by atoms with van der Waals surface area (Å²) >= 11 is 0. The van der Waals surface area contributed by atoms with Gasteiger partial charge in [0, 0.05) is 18.0 Å². The number of para-hydroxylation sites is 1. The molecule has 1 aliphatic heterocycles. The third-order valence-corrected chi connectivity index (χ3v) is 4.25. The summed E-state index contributed by atoms with van der Waals surface area (Å²) in [6.07, 6.45) is 5.93. The Morgan fingerprint density at radius 3 is 2.84 bits per heavy atom. The van der Waals surface area contributed by atoms with Gasteiger partial charge in [0.1, 0.15) is 6.04 Å². The van der Waals surface area contributed by atoms with Gasteiger partial charge >= 0.3 is 0 Å². The lowest BCUT2D eigenvalue weighted by Gasteiger charge is -2.04. The van der Waals surface area contributed by atoms with Crippen molar-refractivity contribution < 1.29 is 4.52 Å². The molecule has 1 saturated carbocycles. The number of anilines is 1. The van der Waals surface area contributed by atoms with Crippen LogP contribution in [0.4, 0.5) is 5.69 Å². The van der Waals surface area contributed by atoms with E-state index in [4.69, 9.17) is 4.52 Å². The molecule has 4 nitrogen and oxygen atoms in total. The van der Waals surface area contributed by atoms with Gasteiger partial charge in [-0.1, -0.05) is 36.2 Å². The molecular weight excluding hydrogens is 238 g/mol. The van der Waals surface area contributed by atoms with E-state index in [9.17, 15) is 0 Å². The van der Waals surface area contributed by atoms with Crippen LogP contribution in [-0.2, 0) is 6.42 Å². The number of rotatable bonds is 2. The summed E-state index contributed by atoms with van der Waals surface area (Å²) in [5.41, 5.74) is 2.52. The van der Waals surface area contributed by atoms with Crippen LogP contribution in [0.5, 0.6) is 0 Å². The minimum atomic E-state index is 0.139. The molecule has 19 heavy (non-hydrogen) atoms. The summed E-state index contributed by atoms with van der Waals surface area (Å²) in [7, 11) is 0. The van der Waals surface area contributed by atoms with E-state index in [1.165, 1.54) is 36.9 Å². The lowest BCUT2D eigenvalue weighted by Crippen LogP contribution is -2.06. The number of nitrogens with one attached hydrogen (secondary N) is 1. The van der Waals surface area contributed by atoms with Crippen LogP contribution in [0.1, 0.15) is 54.9 Å². The molecule has 4 rings (SSSR count). The summed E-state index contributed by atoms with van der Waals surface area (Å²) in [4.78, 5) is 4.62. The number of fused-ring (bicyclic) bond motifs is 1. The molecule has 0 saturated heterocycles. The van der Waals surface area contributed by atoms with Crippen molar-refractivity contribution in [2.45, 2.75) is 44.1 Å². The fraction of sp³-hybridized carbons (Fsp3) is 0.467. The molecular formula is C15H17N3O. The zero-order valence-corrected chi connectivity index (χ0v) is 10.8. The Morgan fingerprint density at radius 2 is 2.00 bits per heavy atom. The maximum Gasteiger partial charge on any atom is 0.249 e. The van der Waals surface area contributed by atoms with Crippen molar-refractivity contribution >= 4 is 5.69 Å². The van der Waals surface area contributed by atoms with Gasteiger partial charge in [0.05, 0.1) is 0 Å². The lowest BCUT2D eigenvalue weighted by atomic mass is 10.1. The number of hydrogen-bond donors (Lipinski definition) is 1. The van der Waals surface area contributed by atoms with Crippen LogP contribution in [0.2, 0.25) is 0 Å². The Morgan fingerprint density at radius 1 is 1.16 bits per heavy atom. The minimum absolute atomic E-state index is 0.139. The van der Waals surface area contributed by atoms with Gasteiger partial charge in [-0.25, -0.2) is 0 Å². The van der Waals surface area contributed by atoms with Gasteiger partial charge in [-0.15, -0.1) is 0 Å². The zero-order chi connectivity index (χ0) is 12.7. The molecule has 0 spiro atoms. The summed E-state index contributed by atoms with van der Waals surface area (Å²) in [6.45, 7) is 0. The van der Waals surface area contributed by atoms with Crippen molar-refractivity contribution in [3.63, 3.8) is 0 Å². The number of nitrogens with zero attached hydrogens (tertiary/aromatic N) is 2. The minimum Gasteiger partial charge on any atom is -0.373 e. The Kier molecular flexibility index (Phi) is 2.53. The zero-order valence-electron chi connectivity index (χ0n) is 10.8. The first-order valence-electron chi connectivity index (χ1n) is 7.08. The van der Waals surface area contributed by atoms with Crippen molar-refractivity contribution in [1.29, 1.82) is 0 Å². The van der Waals surface area contributed by atoms with Crippen LogP contribution in [-0.4, -0.2) is 10.1 Å². The van der Waals surface area contributed by atoms with Crippen LogP contribution in [0.3, 0.4) is 0 Å². The molecule has 1 N–H and O–H groups in total. The van der Waals surface area contributed by atoms with E-state index in [0.29, 0.717) is 5.92 Å². The summed E-state index contributed by atoms with van der Waals surface area (Å²) in [5, 5.41) is 7.64. The van der Waals surface area contributed by atoms with Crippen molar-refractivity contribution in [3.05, 3.63) is 41.5 Å². The highest BCUT2D eigenvalue weighted by atomic mass is 16.5. The fourth-order valence-corrected chi connectivity index (χ4v) is 3.19. The molecule has 2 aliphatic rings. The smallest absolute Gasteiger partial charge is 0.249 e. The van der Waals surface area contributed by atoms with Crippen LogP contribution in [0.15, 0.2) is 28.8 Å². The van der Waals surface area contributed by atoms with Crippen molar-refractivity contribution in [2.75, 3.05) is 5.32 Å². The predicted octanol–water partition coefficient (Wildman–Crippen LogP) is 3.44. The molecule has 1 fully saturated rings. The van der Waals surface area contributed by atoms with Crippen molar-refractivity contribution in [2.24, 2.45) is 0 Å². The number of aromatic nitrogens is 2. The first-order chi connectivity index (χ1) is 9.40. The van der Waals surface area contributed by atoms with Crippen LogP contribution >= 0.6 is 0 Å². The quantitative estimate of drug-likeness (QED) is 0.893. The third-order valence-electron chi connectivity index (χ3n) is 4.25. The maximum atomic E-state index is 5.47. The highest BCUT2D eigenvalue weighted by molar-refractivity contribution is 5.56. The topological polar surface area (TPSA) is 51.0 Å². The molecule has 1 aromatic carbocycles. The van der Waals surface area contributed by atoms with Gasteiger partial charge in [0.15, 0.2) is 5.82 Å². The van der Waals surface area contributed by atoms with Gasteiger partial charge in [-0.2, -0.15) is 4.98 Å². The molecule has 1 aromatic heterocycles. The predicted molar refractivity (Wildman–Crippen MR) is 72.0 cm³/mol. The van der Waals surface area contributed by atoms with Gasteiger partial charge in [0.25, 0.3) is 0 Å². The molecule has 0 bridgehead atoms. The average Bonchev–Trinajstić information content (AvgIpc) is 3.17. The first kappa shape index (κ1) is 11.0. The second-order valence-electron chi connectivity index (χ2n) is 5.53. The van der Waals surface area contributed by atoms with Gasteiger partial charge in [-0.3, -0.25) is 0 Å². The molecule has 1 aliphatic carbocycles. The summed E-state index contributed by atoms with van der Waals surface area (Å²) in [6, 6.07) is 8.51. The fourth-order valence-electron chi connectivity index (χ4n) is 3.19. The van der Waals surface area contributed by atoms with E-state index in [1.54, 1.807) is 0 Å². The van der Waals surface area contributed by atoms with E-state index in [0.717, 1.165) is 18.1 Å². The number of hydrogen-bond acceptors (Lipinski definition) is 4. The molecule has 0 amide bonds. The molecule has 2 aromatic rings. The molecule has 1 atom stereocenters. The summed E-state index contributed by atoms with van der Waals surface area (Å²) in [5.74, 6) is 2.16. The second kappa shape index (κ2) is 4.37. The van der Waals surface area contributed by atoms with E-state index in [-0.39, 0.29) is 6.04 Å². The SMILES string of the molecule is c1ccc2c(c1)CC(c1nc(C3CCCC3)no1)N2. The lowest BCUT2D eigenvalue weighted by molar-refractivity contribution is 0.356. The van der Waals surface area contributed by atoms with Crippen LogP contribution in [0.25, 0.3) is 0 Å². The van der Waals surface area contributed by atoms with Gasteiger partial charge in [-0.05, 0) is 24.5 Å². The summed E-state index contributed by atoms with van der Waals surface area (Å²) < 4.78 is 5.47. The Bertz CT molecular complexity index is 562. The van der Waals surface area contributed by atoms with Crippen LogP contribution in [0, 0.1) is 0 Å². The van der Waals surface area contributed by atoms with Gasteiger partial charge < -0.3 is 9.84 Å². The van der Waals surface area contributed by atoms with E-state index in [2.05, 4.69) is 33.7 Å². The third kappa shape index (κ3) is 1.91. The maximum absolute atomic E-state index is 5.47. The highest BCUT2D eigenvalue weighted by Gasteiger charge is 2.28. The normalized spacial score (nSPS) is 22.4. The second-order valence-corrected chi connectivity index (χ2v) is 5.53. The Hall–Kier alpha value is -1.84. The van der Waals surface area contributed by atoms with E-state index >= 15 is 0 Å². The number of benzene rings is 1.